The summed E-state index contributed by atoms with van der Waals surface area (Å²) in [5.74, 6) is -0.206. The van der Waals surface area contributed by atoms with E-state index in [0.29, 0.717) is 13.2 Å². The van der Waals surface area contributed by atoms with E-state index in [1.165, 1.54) is 7.11 Å². The first-order valence-electron chi connectivity index (χ1n) is 3.67. The Morgan fingerprint density at radius 2 is 2.55 bits per heavy atom. The monoisotopic (exact) mass is 159 g/mol. The second-order valence-corrected chi connectivity index (χ2v) is 2.67. The molecule has 1 saturated heterocycles. The average molecular weight is 159 g/mol. The molecule has 2 N–H and O–H groups in total. The van der Waals surface area contributed by atoms with Gasteiger partial charge >= 0.3 is 5.97 Å². The molecular weight excluding hydrogens is 146 g/mol. The van der Waals surface area contributed by atoms with Crippen molar-refractivity contribution in [2.45, 2.75) is 12.5 Å². The first-order valence-corrected chi connectivity index (χ1v) is 3.67. The van der Waals surface area contributed by atoms with Crippen LogP contribution in [0.25, 0.3) is 0 Å². The molecule has 11 heavy (non-hydrogen) atoms. The molecule has 0 saturated carbocycles. The molecule has 0 bridgehead atoms. The Morgan fingerprint density at radius 3 is 3.00 bits per heavy atom. The lowest BCUT2D eigenvalue weighted by atomic mass is 10.0. The molecule has 2 atom stereocenters. The first kappa shape index (κ1) is 8.49. The van der Waals surface area contributed by atoms with Gasteiger partial charge in [0.05, 0.1) is 13.7 Å². The van der Waals surface area contributed by atoms with Gasteiger partial charge in [-0.1, -0.05) is 0 Å². The molecule has 0 amide bonds. The summed E-state index contributed by atoms with van der Waals surface area (Å²) in [5.41, 5.74) is 5.58. The predicted molar refractivity (Wildman–Crippen MR) is 38.9 cm³/mol. The number of hydrogen-bond donors (Lipinski definition) is 1. The molecule has 4 heteroatoms. The van der Waals surface area contributed by atoms with Crippen molar-refractivity contribution in [1.29, 1.82) is 0 Å². The van der Waals surface area contributed by atoms with E-state index in [2.05, 4.69) is 4.74 Å². The molecule has 0 aromatic rings. The summed E-state index contributed by atoms with van der Waals surface area (Å²) in [7, 11) is 1.35. The molecule has 0 spiro atoms. The van der Waals surface area contributed by atoms with Gasteiger partial charge in [0.2, 0.25) is 0 Å². The third-order valence-electron chi connectivity index (χ3n) is 1.95. The van der Waals surface area contributed by atoms with E-state index in [0.717, 1.165) is 6.42 Å². The van der Waals surface area contributed by atoms with Gasteiger partial charge in [-0.15, -0.1) is 0 Å². The van der Waals surface area contributed by atoms with Gasteiger partial charge in [0.25, 0.3) is 0 Å². The van der Waals surface area contributed by atoms with Gasteiger partial charge in [-0.3, -0.25) is 4.79 Å². The number of carbonyl (C=O) groups excluding carboxylic acids is 1. The predicted octanol–water partition coefficient (Wildman–Crippen LogP) is -0.477. The van der Waals surface area contributed by atoms with Gasteiger partial charge in [0.15, 0.2) is 0 Å². The van der Waals surface area contributed by atoms with Crippen molar-refractivity contribution in [2.24, 2.45) is 11.7 Å². The standard InChI is InChI=1S/C7H13NO3/c1-10-7(9)6(8)5-2-3-11-4-5/h5-6H,2-4,8H2,1H3. The molecule has 64 valence electrons. The number of methoxy groups -OCH3 is 1. The highest BCUT2D eigenvalue weighted by Crippen LogP contribution is 2.15. The summed E-state index contributed by atoms with van der Waals surface area (Å²) >= 11 is 0. The highest BCUT2D eigenvalue weighted by molar-refractivity contribution is 5.75. The SMILES string of the molecule is COC(=O)C(N)C1CCOC1. The molecule has 0 radical (unpaired) electrons. The number of carbonyl (C=O) groups is 1. The summed E-state index contributed by atoms with van der Waals surface area (Å²) in [4.78, 5) is 10.9. The van der Waals surface area contributed by atoms with Crippen LogP contribution in [0.2, 0.25) is 0 Å². The Morgan fingerprint density at radius 1 is 1.82 bits per heavy atom. The Kier molecular flexibility index (Phi) is 2.84. The van der Waals surface area contributed by atoms with E-state index < -0.39 is 6.04 Å². The normalized spacial score (nSPS) is 26.5. The van der Waals surface area contributed by atoms with E-state index in [1.807, 2.05) is 0 Å². The van der Waals surface area contributed by atoms with E-state index in [9.17, 15) is 4.79 Å². The topological polar surface area (TPSA) is 61.5 Å². The maximum Gasteiger partial charge on any atom is 0.323 e. The minimum atomic E-state index is -0.512. The van der Waals surface area contributed by atoms with Crippen LogP contribution in [0.3, 0.4) is 0 Å². The number of ether oxygens (including phenoxy) is 2. The van der Waals surface area contributed by atoms with Crippen LogP contribution in [0.15, 0.2) is 0 Å². The molecule has 1 aliphatic heterocycles. The summed E-state index contributed by atoms with van der Waals surface area (Å²) in [6.07, 6.45) is 0.857. The van der Waals surface area contributed by atoms with E-state index in [4.69, 9.17) is 10.5 Å². The summed E-state index contributed by atoms with van der Waals surface area (Å²) < 4.78 is 9.59. The number of hydrogen-bond acceptors (Lipinski definition) is 4. The lowest BCUT2D eigenvalue weighted by Gasteiger charge is -2.13. The first-order chi connectivity index (χ1) is 5.25. The molecule has 0 aromatic carbocycles. The summed E-state index contributed by atoms with van der Waals surface area (Å²) in [6.45, 7) is 1.28. The molecule has 0 aromatic heterocycles. The van der Waals surface area contributed by atoms with E-state index in [-0.39, 0.29) is 11.9 Å². The smallest absolute Gasteiger partial charge is 0.323 e. The Balaban J connectivity index is 2.39. The Hall–Kier alpha value is -0.610. The zero-order chi connectivity index (χ0) is 8.27. The van der Waals surface area contributed by atoms with Crippen LogP contribution in [0.5, 0.6) is 0 Å². The Bertz CT molecular complexity index is 143. The van der Waals surface area contributed by atoms with Crippen molar-refractivity contribution in [1.82, 2.24) is 0 Å². The van der Waals surface area contributed by atoms with Crippen molar-refractivity contribution in [3.63, 3.8) is 0 Å². The van der Waals surface area contributed by atoms with Gasteiger partial charge in [0.1, 0.15) is 6.04 Å². The highest BCUT2D eigenvalue weighted by atomic mass is 16.5. The van der Waals surface area contributed by atoms with E-state index in [1.54, 1.807) is 0 Å². The minimum Gasteiger partial charge on any atom is -0.468 e. The van der Waals surface area contributed by atoms with Crippen LogP contribution in [0.4, 0.5) is 0 Å². The molecule has 1 aliphatic rings. The summed E-state index contributed by atoms with van der Waals surface area (Å²) in [5, 5.41) is 0. The van der Waals surface area contributed by atoms with Gasteiger partial charge in [-0.05, 0) is 6.42 Å². The molecule has 4 nitrogen and oxygen atoms in total. The number of rotatable bonds is 2. The summed E-state index contributed by atoms with van der Waals surface area (Å²) in [6, 6.07) is -0.512. The fourth-order valence-corrected chi connectivity index (χ4v) is 1.16. The van der Waals surface area contributed by atoms with Crippen molar-refractivity contribution in [3.8, 4) is 0 Å². The van der Waals surface area contributed by atoms with Gasteiger partial charge in [0, 0.05) is 12.5 Å². The molecule has 1 fully saturated rings. The van der Waals surface area contributed by atoms with Crippen molar-refractivity contribution < 1.29 is 14.3 Å². The second-order valence-electron chi connectivity index (χ2n) is 2.67. The van der Waals surface area contributed by atoms with Gasteiger partial charge in [-0.2, -0.15) is 0 Å². The quantitative estimate of drug-likeness (QED) is 0.553. The zero-order valence-corrected chi connectivity index (χ0v) is 6.58. The fourth-order valence-electron chi connectivity index (χ4n) is 1.16. The maximum absolute atomic E-state index is 10.9. The third-order valence-corrected chi connectivity index (χ3v) is 1.95. The second kappa shape index (κ2) is 3.69. The van der Waals surface area contributed by atoms with Crippen LogP contribution in [0, 0.1) is 5.92 Å². The fraction of sp³-hybridized carbons (Fsp3) is 0.857. The maximum atomic E-state index is 10.9. The Labute approximate surface area is 65.7 Å². The molecule has 0 aliphatic carbocycles. The molecule has 1 heterocycles. The number of esters is 1. The molecular formula is C7H13NO3. The third kappa shape index (κ3) is 1.91. The van der Waals surface area contributed by atoms with Crippen LogP contribution in [-0.2, 0) is 14.3 Å². The van der Waals surface area contributed by atoms with Crippen LogP contribution in [0.1, 0.15) is 6.42 Å². The van der Waals surface area contributed by atoms with E-state index >= 15 is 0 Å². The van der Waals surface area contributed by atoms with Crippen LogP contribution in [-0.4, -0.2) is 32.3 Å². The minimum absolute atomic E-state index is 0.141. The molecule has 1 rings (SSSR count). The zero-order valence-electron chi connectivity index (χ0n) is 6.58. The average Bonchev–Trinajstić information content (AvgIpc) is 2.53. The molecule has 2 unspecified atom stereocenters. The largest absolute Gasteiger partial charge is 0.468 e. The van der Waals surface area contributed by atoms with Crippen molar-refractivity contribution in [3.05, 3.63) is 0 Å². The highest BCUT2D eigenvalue weighted by Gasteiger charge is 2.28. The van der Waals surface area contributed by atoms with Gasteiger partial charge < -0.3 is 15.2 Å². The van der Waals surface area contributed by atoms with Gasteiger partial charge in [-0.25, -0.2) is 0 Å². The lowest BCUT2D eigenvalue weighted by molar-refractivity contribution is -0.143. The number of nitrogens with two attached hydrogens (primary N) is 1. The van der Waals surface area contributed by atoms with Crippen LogP contribution < -0.4 is 5.73 Å². The lowest BCUT2D eigenvalue weighted by Crippen LogP contribution is -2.39. The van der Waals surface area contributed by atoms with Crippen LogP contribution >= 0.6 is 0 Å². The van der Waals surface area contributed by atoms with Crippen molar-refractivity contribution in [2.75, 3.05) is 20.3 Å². The van der Waals surface area contributed by atoms with Crippen molar-refractivity contribution >= 4 is 5.97 Å².